The number of carbonyl (C=O) groups is 2. The SMILES string of the molecule is C.C.C.CCC(C)(C)C(=O)CC(C)C.CCC(C)(C)C(=O)OCC1CCC2OC2C1. The lowest BCUT2D eigenvalue weighted by Crippen LogP contribution is -2.29. The molecule has 0 spiro atoms. The van der Waals surface area contributed by atoms with Crippen molar-refractivity contribution < 1.29 is 19.1 Å². The van der Waals surface area contributed by atoms with Gasteiger partial charge in [0.05, 0.1) is 24.2 Å². The van der Waals surface area contributed by atoms with E-state index in [4.69, 9.17) is 9.47 Å². The van der Waals surface area contributed by atoms with Crippen molar-refractivity contribution in [2.45, 2.75) is 128 Å². The normalized spacial score (nSPS) is 22.1. The maximum absolute atomic E-state index is 11.8. The number of fused-ring (bicyclic) bond motifs is 1. The van der Waals surface area contributed by atoms with Gasteiger partial charge in [0.15, 0.2) is 0 Å². The van der Waals surface area contributed by atoms with Crippen LogP contribution >= 0.6 is 0 Å². The van der Waals surface area contributed by atoms with Crippen LogP contribution in [0, 0.1) is 22.7 Å². The van der Waals surface area contributed by atoms with Gasteiger partial charge in [0, 0.05) is 11.8 Å². The number of rotatable bonds is 8. The zero-order valence-electron chi connectivity index (χ0n) is 18.9. The Morgan fingerprint density at radius 3 is 1.90 bits per heavy atom. The van der Waals surface area contributed by atoms with Crippen LogP contribution in [-0.2, 0) is 19.1 Å². The van der Waals surface area contributed by atoms with Crippen LogP contribution in [0.3, 0.4) is 0 Å². The molecule has 1 saturated carbocycles. The minimum Gasteiger partial charge on any atom is -0.465 e. The molecule has 0 aromatic carbocycles. The van der Waals surface area contributed by atoms with E-state index >= 15 is 0 Å². The zero-order valence-corrected chi connectivity index (χ0v) is 18.9. The van der Waals surface area contributed by atoms with Gasteiger partial charge < -0.3 is 9.47 Å². The fourth-order valence-corrected chi connectivity index (χ4v) is 3.02. The number of hydrogen-bond acceptors (Lipinski definition) is 4. The van der Waals surface area contributed by atoms with Crippen molar-refractivity contribution >= 4 is 11.8 Å². The van der Waals surface area contributed by atoms with Crippen LogP contribution in [0.1, 0.15) is 116 Å². The molecular weight excluding hydrogens is 376 g/mol. The summed E-state index contributed by atoms with van der Waals surface area (Å²) in [4.78, 5) is 23.3. The van der Waals surface area contributed by atoms with Gasteiger partial charge in [-0.3, -0.25) is 9.59 Å². The van der Waals surface area contributed by atoms with Crippen LogP contribution in [-0.4, -0.2) is 30.6 Å². The van der Waals surface area contributed by atoms with Gasteiger partial charge in [-0.05, 0) is 57.8 Å². The highest BCUT2D eigenvalue weighted by molar-refractivity contribution is 5.84. The Kier molecular flexibility index (Phi) is 16.0. The van der Waals surface area contributed by atoms with Gasteiger partial charge in [-0.15, -0.1) is 0 Å². The maximum Gasteiger partial charge on any atom is 0.311 e. The summed E-state index contributed by atoms with van der Waals surface area (Å²) in [6, 6.07) is 0. The predicted octanol–water partition coefficient (Wildman–Crippen LogP) is 7.48. The summed E-state index contributed by atoms with van der Waals surface area (Å²) in [5.74, 6) is 1.34. The quantitative estimate of drug-likeness (QED) is 0.296. The van der Waals surface area contributed by atoms with Crippen LogP contribution < -0.4 is 0 Å². The lowest BCUT2D eigenvalue weighted by atomic mass is 9.82. The second-order valence-electron chi connectivity index (χ2n) is 9.99. The van der Waals surface area contributed by atoms with Gasteiger partial charge in [-0.25, -0.2) is 0 Å². The topological polar surface area (TPSA) is 55.9 Å². The van der Waals surface area contributed by atoms with E-state index in [9.17, 15) is 9.59 Å². The highest BCUT2D eigenvalue weighted by atomic mass is 16.6. The highest BCUT2D eigenvalue weighted by Gasteiger charge is 2.44. The molecule has 3 atom stereocenters. The highest BCUT2D eigenvalue weighted by Crippen LogP contribution is 2.39. The van der Waals surface area contributed by atoms with Crippen molar-refractivity contribution in [3.05, 3.63) is 0 Å². The smallest absolute Gasteiger partial charge is 0.311 e. The van der Waals surface area contributed by atoms with Gasteiger partial charge in [0.2, 0.25) is 0 Å². The van der Waals surface area contributed by atoms with Gasteiger partial charge in [-0.2, -0.15) is 0 Å². The lowest BCUT2D eigenvalue weighted by molar-refractivity contribution is -0.155. The summed E-state index contributed by atoms with van der Waals surface area (Å²) in [6.45, 7) is 16.8. The Hall–Kier alpha value is -0.900. The Balaban J connectivity index is -0.000000470. The number of ketones is 1. The molecule has 0 aromatic rings. The molecule has 0 amide bonds. The fraction of sp³-hybridized carbons (Fsp3) is 0.923. The van der Waals surface area contributed by atoms with Crippen molar-refractivity contribution in [3.63, 3.8) is 0 Å². The molecule has 4 heteroatoms. The van der Waals surface area contributed by atoms with E-state index in [1.54, 1.807) is 0 Å². The second-order valence-corrected chi connectivity index (χ2v) is 9.99. The van der Waals surface area contributed by atoms with E-state index in [-0.39, 0.29) is 39.1 Å². The first kappa shape index (κ1) is 33.7. The third-order valence-electron chi connectivity index (χ3n) is 6.23. The molecule has 1 saturated heterocycles. The third-order valence-corrected chi connectivity index (χ3v) is 6.23. The number of esters is 1. The van der Waals surface area contributed by atoms with Crippen LogP contribution in [0.5, 0.6) is 0 Å². The number of epoxide rings is 1. The molecular formula is C26H54O4. The van der Waals surface area contributed by atoms with Crippen molar-refractivity contribution in [2.24, 2.45) is 22.7 Å². The van der Waals surface area contributed by atoms with E-state index in [1.165, 1.54) is 0 Å². The molecule has 3 unspecified atom stereocenters. The summed E-state index contributed by atoms with van der Waals surface area (Å²) >= 11 is 0. The molecule has 4 nitrogen and oxygen atoms in total. The summed E-state index contributed by atoms with van der Waals surface area (Å²) in [7, 11) is 0. The predicted molar refractivity (Wildman–Crippen MR) is 130 cm³/mol. The largest absolute Gasteiger partial charge is 0.465 e. The molecule has 0 aromatic heterocycles. The van der Waals surface area contributed by atoms with Gasteiger partial charge in [0.25, 0.3) is 0 Å². The van der Waals surface area contributed by atoms with E-state index in [2.05, 4.69) is 20.8 Å². The number of ether oxygens (including phenoxy) is 2. The first-order valence-corrected chi connectivity index (χ1v) is 10.8. The van der Waals surface area contributed by atoms with E-state index < -0.39 is 0 Å². The molecule has 2 fully saturated rings. The van der Waals surface area contributed by atoms with Crippen molar-refractivity contribution in [1.82, 2.24) is 0 Å². The van der Waals surface area contributed by atoms with E-state index in [1.807, 2.05) is 34.6 Å². The van der Waals surface area contributed by atoms with Crippen LogP contribution in [0.4, 0.5) is 0 Å². The van der Waals surface area contributed by atoms with Crippen molar-refractivity contribution in [2.75, 3.05) is 6.61 Å². The Labute approximate surface area is 188 Å². The summed E-state index contributed by atoms with van der Waals surface area (Å²) < 4.78 is 10.9. The monoisotopic (exact) mass is 430 g/mol. The molecule has 2 rings (SSSR count). The molecule has 0 bridgehead atoms. The van der Waals surface area contributed by atoms with Gasteiger partial charge in [0.1, 0.15) is 5.78 Å². The average molecular weight is 431 g/mol. The molecule has 1 aliphatic carbocycles. The Morgan fingerprint density at radius 2 is 1.47 bits per heavy atom. The summed E-state index contributed by atoms with van der Waals surface area (Å²) in [6.07, 6.45) is 6.84. The zero-order chi connectivity index (χ0) is 20.8. The molecule has 2 aliphatic rings. The summed E-state index contributed by atoms with van der Waals surface area (Å²) in [5.41, 5.74) is -0.447. The van der Waals surface area contributed by atoms with Crippen molar-refractivity contribution in [1.29, 1.82) is 0 Å². The fourth-order valence-electron chi connectivity index (χ4n) is 3.02. The molecule has 0 radical (unpaired) electrons. The summed E-state index contributed by atoms with van der Waals surface area (Å²) in [5, 5.41) is 0. The van der Waals surface area contributed by atoms with Crippen LogP contribution in [0.15, 0.2) is 0 Å². The lowest BCUT2D eigenvalue weighted by Gasteiger charge is -2.24. The second kappa shape index (κ2) is 14.2. The molecule has 1 heterocycles. The minimum atomic E-state index is -0.340. The molecule has 1 aliphatic heterocycles. The molecule has 182 valence electrons. The Morgan fingerprint density at radius 1 is 0.933 bits per heavy atom. The first-order chi connectivity index (χ1) is 12.4. The number of carbonyl (C=O) groups excluding carboxylic acids is 2. The van der Waals surface area contributed by atoms with E-state index in [0.29, 0.717) is 36.4 Å². The van der Waals surface area contributed by atoms with Crippen LogP contribution in [0.25, 0.3) is 0 Å². The number of Topliss-reactive ketones (excluding diaryl/α,β-unsaturated/α-hetero) is 1. The third kappa shape index (κ3) is 10.9. The number of hydrogen-bond donors (Lipinski definition) is 0. The molecule has 0 N–H and O–H groups in total. The Bertz CT molecular complexity index is 493. The average Bonchev–Trinajstić information content (AvgIpc) is 3.38. The van der Waals surface area contributed by atoms with E-state index in [0.717, 1.165) is 38.5 Å². The van der Waals surface area contributed by atoms with Gasteiger partial charge >= 0.3 is 5.97 Å². The van der Waals surface area contributed by atoms with Crippen molar-refractivity contribution in [3.8, 4) is 0 Å². The molecule has 30 heavy (non-hydrogen) atoms. The standard InChI is InChI=1S/C13H22O3.C10H20O.3CH4/c1-4-13(2,3)12(14)15-8-9-5-6-10-11(7-9)16-10;1-6-10(4,5)9(11)7-8(2)3;;;/h9-11H,4-8H2,1-3H3;8H,6-7H2,1-5H3;3*1H4. The minimum absolute atomic E-state index is 0. The first-order valence-electron chi connectivity index (χ1n) is 10.8. The van der Waals surface area contributed by atoms with Crippen LogP contribution in [0.2, 0.25) is 0 Å². The van der Waals surface area contributed by atoms with Gasteiger partial charge in [-0.1, -0.05) is 63.8 Å². The maximum atomic E-state index is 11.8.